The molecule has 8 heteroatoms. The van der Waals surface area contributed by atoms with E-state index in [2.05, 4.69) is 4.90 Å². The summed E-state index contributed by atoms with van der Waals surface area (Å²) in [6, 6.07) is 18.7. The molecule has 0 aliphatic carbocycles. The molecule has 3 aromatic carbocycles. The third kappa shape index (κ3) is 5.60. The third-order valence-corrected chi connectivity index (χ3v) is 5.42. The first-order valence-corrected chi connectivity index (χ1v) is 10.8. The maximum absolute atomic E-state index is 12.6. The van der Waals surface area contributed by atoms with Crippen LogP contribution in [0, 0.1) is 10.1 Å². The molecule has 174 valence electrons. The van der Waals surface area contributed by atoms with E-state index in [4.69, 9.17) is 14.2 Å². The van der Waals surface area contributed by atoms with Crippen molar-refractivity contribution in [1.82, 2.24) is 0 Å². The number of anilines is 1. The molecule has 0 bridgehead atoms. The van der Waals surface area contributed by atoms with Crippen molar-refractivity contribution in [2.45, 2.75) is 0 Å². The molecular formula is C26H24N2O6. The molecule has 0 amide bonds. The Morgan fingerprint density at radius 1 is 1.00 bits per heavy atom. The molecule has 1 saturated heterocycles. The van der Waals surface area contributed by atoms with E-state index in [1.807, 2.05) is 12.1 Å². The lowest BCUT2D eigenvalue weighted by Gasteiger charge is -2.28. The number of nitro groups is 1. The van der Waals surface area contributed by atoms with Crippen LogP contribution < -0.4 is 14.4 Å². The maximum Gasteiger partial charge on any atom is 0.312 e. The van der Waals surface area contributed by atoms with Crippen LogP contribution in [-0.4, -0.2) is 44.1 Å². The lowest BCUT2D eigenvalue weighted by atomic mass is 10.1. The zero-order valence-corrected chi connectivity index (χ0v) is 18.7. The first-order valence-electron chi connectivity index (χ1n) is 10.8. The van der Waals surface area contributed by atoms with Crippen molar-refractivity contribution in [2.75, 3.05) is 38.3 Å². The lowest BCUT2D eigenvalue weighted by molar-refractivity contribution is -0.385. The Morgan fingerprint density at radius 2 is 1.68 bits per heavy atom. The standard InChI is InChI=1S/C26H24N2O6/c1-32-22-8-10-23(11-9-22)34-26-13-3-19(18-24(26)28(30)31)2-12-25(29)20-4-6-21(7-5-20)27-14-16-33-17-15-27/h2-13,18H,14-17H2,1H3/b12-2+. The molecule has 1 fully saturated rings. The fraction of sp³-hybridized carbons (Fsp3) is 0.192. The normalized spacial score (nSPS) is 13.6. The molecule has 0 atom stereocenters. The van der Waals surface area contributed by atoms with Crippen molar-refractivity contribution >= 4 is 23.2 Å². The van der Waals surface area contributed by atoms with E-state index < -0.39 is 4.92 Å². The Bertz CT molecular complexity index is 1180. The summed E-state index contributed by atoms with van der Waals surface area (Å²) in [4.78, 5) is 25.9. The molecule has 0 N–H and O–H groups in total. The van der Waals surface area contributed by atoms with Gasteiger partial charge >= 0.3 is 5.69 Å². The van der Waals surface area contributed by atoms with E-state index >= 15 is 0 Å². The summed E-state index contributed by atoms with van der Waals surface area (Å²) in [7, 11) is 1.55. The van der Waals surface area contributed by atoms with Crippen LogP contribution in [0.25, 0.3) is 6.08 Å². The molecule has 4 rings (SSSR count). The van der Waals surface area contributed by atoms with Crippen LogP contribution >= 0.6 is 0 Å². The summed E-state index contributed by atoms with van der Waals surface area (Å²) in [5.74, 6) is 1.03. The second-order valence-corrected chi connectivity index (χ2v) is 7.61. The first-order chi connectivity index (χ1) is 16.5. The number of nitro benzene ring substituents is 1. The number of benzene rings is 3. The number of hydrogen-bond donors (Lipinski definition) is 0. The van der Waals surface area contributed by atoms with E-state index in [-0.39, 0.29) is 17.2 Å². The molecule has 0 unspecified atom stereocenters. The predicted octanol–water partition coefficient (Wildman–Crippen LogP) is 5.13. The summed E-state index contributed by atoms with van der Waals surface area (Å²) >= 11 is 0. The summed E-state index contributed by atoms with van der Waals surface area (Å²) < 4.78 is 16.2. The summed E-state index contributed by atoms with van der Waals surface area (Å²) in [5.41, 5.74) is 1.92. The van der Waals surface area contributed by atoms with Crippen molar-refractivity contribution in [3.63, 3.8) is 0 Å². The number of morpholine rings is 1. The number of allylic oxidation sites excluding steroid dienone is 1. The van der Waals surface area contributed by atoms with E-state index in [1.54, 1.807) is 55.7 Å². The van der Waals surface area contributed by atoms with Gasteiger partial charge in [0, 0.05) is 30.4 Å². The molecule has 34 heavy (non-hydrogen) atoms. The van der Waals surface area contributed by atoms with Crippen molar-refractivity contribution in [3.05, 3.63) is 94.0 Å². The van der Waals surface area contributed by atoms with Crippen molar-refractivity contribution in [2.24, 2.45) is 0 Å². The van der Waals surface area contributed by atoms with E-state index in [0.29, 0.717) is 35.8 Å². The Kier molecular flexibility index (Phi) is 7.19. The van der Waals surface area contributed by atoms with Gasteiger partial charge in [0.1, 0.15) is 11.5 Å². The predicted molar refractivity (Wildman–Crippen MR) is 129 cm³/mol. The van der Waals surface area contributed by atoms with Crippen LogP contribution in [0.5, 0.6) is 17.2 Å². The Morgan fingerprint density at radius 3 is 2.32 bits per heavy atom. The SMILES string of the molecule is COc1ccc(Oc2ccc(/C=C/C(=O)c3ccc(N4CCOCC4)cc3)cc2[N+](=O)[O-])cc1. The van der Waals surface area contributed by atoms with Gasteiger partial charge in [-0.15, -0.1) is 0 Å². The molecule has 1 aliphatic heterocycles. The van der Waals surface area contributed by atoms with Gasteiger partial charge in [-0.3, -0.25) is 14.9 Å². The van der Waals surface area contributed by atoms with Crippen LogP contribution in [0.1, 0.15) is 15.9 Å². The quantitative estimate of drug-likeness (QED) is 0.199. The number of ether oxygens (including phenoxy) is 3. The van der Waals surface area contributed by atoms with Gasteiger partial charge in [0.2, 0.25) is 5.75 Å². The number of rotatable bonds is 8. The summed E-state index contributed by atoms with van der Waals surface area (Å²) in [6.45, 7) is 3.03. The number of nitrogens with zero attached hydrogens (tertiary/aromatic N) is 2. The second-order valence-electron chi connectivity index (χ2n) is 7.61. The fourth-order valence-electron chi connectivity index (χ4n) is 3.56. The van der Waals surface area contributed by atoms with E-state index in [0.717, 1.165) is 18.8 Å². The van der Waals surface area contributed by atoms with Gasteiger partial charge in [-0.25, -0.2) is 0 Å². The highest BCUT2D eigenvalue weighted by molar-refractivity contribution is 6.07. The van der Waals surface area contributed by atoms with Gasteiger partial charge in [-0.2, -0.15) is 0 Å². The Labute approximate surface area is 197 Å². The number of ketones is 1. The maximum atomic E-state index is 12.6. The fourth-order valence-corrected chi connectivity index (χ4v) is 3.56. The minimum Gasteiger partial charge on any atom is -0.497 e. The van der Waals surface area contributed by atoms with Crippen molar-refractivity contribution in [1.29, 1.82) is 0 Å². The van der Waals surface area contributed by atoms with Crippen LogP contribution in [0.3, 0.4) is 0 Å². The van der Waals surface area contributed by atoms with Crippen LogP contribution in [0.15, 0.2) is 72.8 Å². The van der Waals surface area contributed by atoms with Crippen molar-refractivity contribution < 1.29 is 23.9 Å². The highest BCUT2D eigenvalue weighted by atomic mass is 16.6. The largest absolute Gasteiger partial charge is 0.497 e. The monoisotopic (exact) mass is 460 g/mol. The molecule has 8 nitrogen and oxygen atoms in total. The second kappa shape index (κ2) is 10.6. The number of carbonyl (C=O) groups is 1. The zero-order valence-electron chi connectivity index (χ0n) is 18.7. The molecule has 0 aromatic heterocycles. The molecule has 0 saturated carbocycles. The molecular weight excluding hydrogens is 436 g/mol. The van der Waals surface area contributed by atoms with Gasteiger partial charge in [0.05, 0.1) is 25.2 Å². The highest BCUT2D eigenvalue weighted by Gasteiger charge is 2.17. The van der Waals surface area contributed by atoms with E-state index in [1.165, 1.54) is 18.2 Å². The third-order valence-electron chi connectivity index (χ3n) is 5.42. The van der Waals surface area contributed by atoms with Gasteiger partial charge in [0.25, 0.3) is 0 Å². The van der Waals surface area contributed by atoms with Gasteiger partial charge in [-0.1, -0.05) is 12.1 Å². The zero-order chi connectivity index (χ0) is 23.9. The smallest absolute Gasteiger partial charge is 0.312 e. The number of hydrogen-bond acceptors (Lipinski definition) is 7. The highest BCUT2D eigenvalue weighted by Crippen LogP contribution is 2.33. The molecule has 1 heterocycles. The van der Waals surface area contributed by atoms with Gasteiger partial charge < -0.3 is 19.1 Å². The molecule has 0 radical (unpaired) electrons. The Hall–Kier alpha value is -4.17. The average Bonchev–Trinajstić information content (AvgIpc) is 2.89. The van der Waals surface area contributed by atoms with Crippen LogP contribution in [0.2, 0.25) is 0 Å². The topological polar surface area (TPSA) is 91.1 Å². The van der Waals surface area contributed by atoms with Crippen molar-refractivity contribution in [3.8, 4) is 17.2 Å². The summed E-state index contributed by atoms with van der Waals surface area (Å²) in [5, 5.41) is 11.6. The van der Waals surface area contributed by atoms with Gasteiger partial charge in [-0.05, 0) is 66.2 Å². The summed E-state index contributed by atoms with van der Waals surface area (Å²) in [6.07, 6.45) is 2.97. The minimum atomic E-state index is -0.512. The van der Waals surface area contributed by atoms with Gasteiger partial charge in [0.15, 0.2) is 5.78 Å². The minimum absolute atomic E-state index is 0.109. The van der Waals surface area contributed by atoms with Crippen LogP contribution in [0.4, 0.5) is 11.4 Å². The lowest BCUT2D eigenvalue weighted by Crippen LogP contribution is -2.36. The Balaban J connectivity index is 1.46. The molecule has 1 aliphatic rings. The number of methoxy groups -OCH3 is 1. The average molecular weight is 460 g/mol. The molecule has 3 aromatic rings. The van der Waals surface area contributed by atoms with E-state index in [9.17, 15) is 14.9 Å². The first kappa shape index (κ1) is 23.0. The number of carbonyl (C=O) groups excluding carboxylic acids is 1. The molecule has 0 spiro atoms. The van der Waals surface area contributed by atoms with Crippen LogP contribution in [-0.2, 0) is 4.74 Å².